The fraction of sp³-hybridized carbons (Fsp3) is 0.433. The quantitative estimate of drug-likeness (QED) is 0.211. The van der Waals surface area contributed by atoms with Crippen LogP contribution in [0.4, 0.5) is 15.9 Å². The summed E-state index contributed by atoms with van der Waals surface area (Å²) in [6.07, 6.45) is 6.57. The largest absolute Gasteiger partial charge is 0.477 e. The number of rotatable bonds is 12. The monoisotopic (exact) mass is 657 g/mol. The van der Waals surface area contributed by atoms with Crippen molar-refractivity contribution >= 4 is 32.9 Å². The van der Waals surface area contributed by atoms with Crippen molar-refractivity contribution < 1.29 is 17.5 Å². The molecule has 1 fully saturated rings. The molecule has 45 heavy (non-hydrogen) atoms. The minimum absolute atomic E-state index is 0.0748. The summed E-state index contributed by atoms with van der Waals surface area (Å²) in [7, 11) is -1.25. The molecule has 3 N–H and O–H groups in total. The van der Waals surface area contributed by atoms with Gasteiger partial charge in [-0.05, 0) is 44.5 Å². The van der Waals surface area contributed by atoms with Gasteiger partial charge in [0.2, 0.25) is 5.88 Å². The number of aromatic nitrogens is 6. The smallest absolute Gasteiger partial charge is 0.223 e. The zero-order chi connectivity index (χ0) is 32.5. The van der Waals surface area contributed by atoms with Gasteiger partial charge in [0, 0.05) is 80.7 Å². The van der Waals surface area contributed by atoms with E-state index in [0.29, 0.717) is 66.0 Å². The van der Waals surface area contributed by atoms with E-state index in [1.807, 2.05) is 20.8 Å². The molecule has 0 aliphatic carbocycles. The van der Waals surface area contributed by atoms with Crippen LogP contribution in [0.1, 0.15) is 31.5 Å². The van der Waals surface area contributed by atoms with E-state index in [-0.39, 0.29) is 34.6 Å². The average molecular weight is 658 g/mol. The molecule has 0 spiro atoms. The number of likely N-dealkylation sites (tertiary alicyclic amines) is 1. The molecule has 0 amide bonds. The first-order valence-electron chi connectivity index (χ1n) is 14.5. The first-order chi connectivity index (χ1) is 21.3. The number of aryl methyl sites for hydroxylation is 2. The fourth-order valence-corrected chi connectivity index (χ4v) is 6.85. The Labute approximate surface area is 267 Å². The lowest BCUT2D eigenvalue weighted by molar-refractivity contribution is 0.0323. The molecule has 1 aliphatic heterocycles. The summed E-state index contributed by atoms with van der Waals surface area (Å²) in [6, 6.07) is 4.72. The number of hydrogen-bond donors (Lipinski definition) is 2. The Balaban J connectivity index is 1.24. The number of nitrogens with one attached hydrogen (secondary N) is 1. The molecule has 5 rings (SSSR count). The Bertz CT molecular complexity index is 1800. The Kier molecular flexibility index (Phi) is 9.56. The van der Waals surface area contributed by atoms with Crippen molar-refractivity contribution in [1.82, 2.24) is 34.6 Å². The first kappa shape index (κ1) is 32.5. The van der Waals surface area contributed by atoms with Gasteiger partial charge < -0.3 is 15.8 Å². The van der Waals surface area contributed by atoms with Gasteiger partial charge in [-0.2, -0.15) is 5.10 Å². The van der Waals surface area contributed by atoms with Gasteiger partial charge in [-0.3, -0.25) is 9.88 Å². The lowest BCUT2D eigenvalue weighted by Crippen LogP contribution is -2.56. The minimum atomic E-state index is -3.04. The highest BCUT2D eigenvalue weighted by molar-refractivity contribution is 7.90. The van der Waals surface area contributed by atoms with E-state index in [0.717, 1.165) is 5.69 Å². The number of halogens is 2. The summed E-state index contributed by atoms with van der Waals surface area (Å²) < 4.78 is 46.6. The van der Waals surface area contributed by atoms with Crippen molar-refractivity contribution in [3.05, 3.63) is 59.0 Å². The third-order valence-corrected chi connectivity index (χ3v) is 9.16. The van der Waals surface area contributed by atoms with Crippen LogP contribution in [-0.2, 0) is 23.4 Å². The summed E-state index contributed by atoms with van der Waals surface area (Å²) in [5, 5.41) is 8.12. The van der Waals surface area contributed by atoms with Gasteiger partial charge in [-0.25, -0.2) is 32.4 Å². The third kappa shape index (κ3) is 7.68. The van der Waals surface area contributed by atoms with Gasteiger partial charge in [-0.1, -0.05) is 11.6 Å². The van der Waals surface area contributed by atoms with Gasteiger partial charge in [-0.15, -0.1) is 0 Å². The topological polar surface area (TPSA) is 154 Å². The zero-order valence-electron chi connectivity index (χ0n) is 25.8. The zero-order valence-corrected chi connectivity index (χ0v) is 27.4. The Hall–Kier alpha value is -3.88. The van der Waals surface area contributed by atoms with E-state index < -0.39 is 15.7 Å². The highest BCUT2D eigenvalue weighted by Gasteiger charge is 2.37. The molecule has 1 aliphatic rings. The maximum absolute atomic E-state index is 15.5. The van der Waals surface area contributed by atoms with Gasteiger partial charge in [0.15, 0.2) is 5.82 Å². The number of nitrogens with zero attached hydrogens (tertiary/aromatic N) is 7. The second-order valence-corrected chi connectivity index (χ2v) is 14.2. The molecule has 0 aromatic carbocycles. The van der Waals surface area contributed by atoms with Crippen LogP contribution in [0.2, 0.25) is 5.15 Å². The van der Waals surface area contributed by atoms with Crippen molar-refractivity contribution in [2.45, 2.75) is 45.8 Å². The molecular formula is C30H37ClFN9O3S. The van der Waals surface area contributed by atoms with Gasteiger partial charge in [0.25, 0.3) is 0 Å². The van der Waals surface area contributed by atoms with Crippen molar-refractivity contribution in [1.29, 1.82) is 0 Å². The van der Waals surface area contributed by atoms with Gasteiger partial charge in [0.1, 0.15) is 37.9 Å². The number of pyridine rings is 2. The Morgan fingerprint density at radius 2 is 2.02 bits per heavy atom. The van der Waals surface area contributed by atoms with Crippen molar-refractivity contribution in [2.75, 3.05) is 36.2 Å². The van der Waals surface area contributed by atoms with Crippen LogP contribution in [0.15, 0.2) is 36.8 Å². The molecule has 5 heterocycles. The SMILES string of the molecule is Cc1nn(C)c(OCC[C@H](C)Nc2cc(Cl)ncc2-c2ncc(CN3C[C@@H](CS(C)(=O)=O)[C@@H]3C)cc2F)c1-c1nccc(N)n1. The highest BCUT2D eigenvalue weighted by atomic mass is 35.5. The summed E-state index contributed by atoms with van der Waals surface area (Å²) in [5.74, 6) is 1.06. The second-order valence-electron chi connectivity index (χ2n) is 11.6. The van der Waals surface area contributed by atoms with E-state index in [2.05, 4.69) is 35.3 Å². The van der Waals surface area contributed by atoms with Crippen LogP contribution in [0.5, 0.6) is 5.88 Å². The Morgan fingerprint density at radius 1 is 1.24 bits per heavy atom. The maximum Gasteiger partial charge on any atom is 0.223 e. The van der Waals surface area contributed by atoms with E-state index >= 15 is 4.39 Å². The number of nitrogens with two attached hydrogens (primary N) is 1. The molecule has 3 atom stereocenters. The van der Waals surface area contributed by atoms with Crippen molar-refractivity contribution in [2.24, 2.45) is 13.0 Å². The Morgan fingerprint density at radius 3 is 2.71 bits per heavy atom. The molecule has 1 saturated heterocycles. The summed E-state index contributed by atoms with van der Waals surface area (Å²) in [6.45, 7) is 7.30. The predicted molar refractivity (Wildman–Crippen MR) is 172 cm³/mol. The van der Waals surface area contributed by atoms with E-state index in [9.17, 15) is 8.42 Å². The van der Waals surface area contributed by atoms with Gasteiger partial charge >= 0.3 is 0 Å². The van der Waals surface area contributed by atoms with Gasteiger partial charge in [0.05, 0.1) is 18.1 Å². The van der Waals surface area contributed by atoms with Crippen LogP contribution < -0.4 is 15.8 Å². The molecular weight excluding hydrogens is 621 g/mol. The van der Waals surface area contributed by atoms with E-state index in [1.54, 1.807) is 36.3 Å². The second kappa shape index (κ2) is 13.2. The van der Waals surface area contributed by atoms with Crippen LogP contribution in [0.3, 0.4) is 0 Å². The summed E-state index contributed by atoms with van der Waals surface area (Å²) >= 11 is 6.23. The lowest BCUT2D eigenvalue weighted by atomic mass is 9.91. The number of anilines is 2. The van der Waals surface area contributed by atoms with Crippen LogP contribution in [0.25, 0.3) is 22.6 Å². The fourth-order valence-electron chi connectivity index (χ4n) is 5.53. The molecule has 0 bridgehead atoms. The highest BCUT2D eigenvalue weighted by Crippen LogP contribution is 2.33. The molecule has 15 heteroatoms. The van der Waals surface area contributed by atoms with Crippen LogP contribution in [-0.4, -0.2) is 80.3 Å². The van der Waals surface area contributed by atoms with Crippen molar-refractivity contribution in [3.8, 4) is 28.5 Å². The molecule has 4 aromatic heterocycles. The minimum Gasteiger partial charge on any atom is -0.477 e. The number of sulfone groups is 1. The van der Waals surface area contributed by atoms with E-state index in [1.165, 1.54) is 18.5 Å². The molecule has 0 radical (unpaired) electrons. The average Bonchev–Trinajstić information content (AvgIpc) is 3.24. The first-order valence-corrected chi connectivity index (χ1v) is 17.0. The molecule has 4 aromatic rings. The van der Waals surface area contributed by atoms with Crippen LogP contribution in [0, 0.1) is 18.7 Å². The summed E-state index contributed by atoms with van der Waals surface area (Å²) in [5.41, 5.74) is 9.18. The van der Waals surface area contributed by atoms with E-state index in [4.69, 9.17) is 22.1 Å². The summed E-state index contributed by atoms with van der Waals surface area (Å²) in [4.78, 5) is 19.4. The maximum atomic E-state index is 15.5. The number of ether oxygens (including phenoxy) is 1. The number of nitrogen functional groups attached to an aromatic ring is 1. The van der Waals surface area contributed by atoms with Crippen molar-refractivity contribution in [3.63, 3.8) is 0 Å². The molecule has 240 valence electrons. The molecule has 12 nitrogen and oxygen atoms in total. The lowest BCUT2D eigenvalue weighted by Gasteiger charge is -2.46. The normalized spacial score (nSPS) is 17.6. The molecule has 0 saturated carbocycles. The standard InChI is InChI=1S/C30H37ClFN9O3S/c1-17(7-9-44-30-27(18(2)39-40(30)4)29-34-8-6-26(33)38-29)37-24-11-25(31)35-13-22(24)28-23(32)10-20(12-36-28)14-41-15-21(19(41)3)16-45(5,42)43/h6,8,10-13,17,19,21H,7,9,14-16H2,1-5H3,(H,35,37)(H2,33,34,38)/t17-,19-,21-/m0/s1. The van der Waals surface area contributed by atoms with Crippen LogP contribution >= 0.6 is 11.6 Å². The molecule has 0 unspecified atom stereocenters. The third-order valence-electron chi connectivity index (χ3n) is 7.92. The predicted octanol–water partition coefficient (Wildman–Crippen LogP) is 4.15. The number of hydrogen-bond acceptors (Lipinski definition) is 11.